The molecule has 0 amide bonds. The molecule has 1 unspecified atom stereocenters. The summed E-state index contributed by atoms with van der Waals surface area (Å²) in [6.07, 6.45) is 5.17. The Balaban J connectivity index is 1.41. The van der Waals surface area contributed by atoms with Gasteiger partial charge in [0.15, 0.2) is 0 Å². The first-order chi connectivity index (χ1) is 13.1. The summed E-state index contributed by atoms with van der Waals surface area (Å²) in [5.41, 5.74) is 2.07. The van der Waals surface area contributed by atoms with Crippen molar-refractivity contribution in [1.29, 1.82) is 0 Å². The predicted molar refractivity (Wildman–Crippen MR) is 106 cm³/mol. The van der Waals surface area contributed by atoms with Gasteiger partial charge in [0.1, 0.15) is 17.5 Å². The highest BCUT2D eigenvalue weighted by atomic mass is 35.5. The Morgan fingerprint density at radius 3 is 2.70 bits per heavy atom. The molecule has 7 heteroatoms. The second kappa shape index (κ2) is 6.60. The summed E-state index contributed by atoms with van der Waals surface area (Å²) in [6, 6.07) is 6.12. The number of benzene rings is 1. The van der Waals surface area contributed by atoms with Gasteiger partial charge in [0, 0.05) is 31.1 Å². The summed E-state index contributed by atoms with van der Waals surface area (Å²) in [6.45, 7) is 5.00. The molecule has 1 aliphatic heterocycles. The van der Waals surface area contributed by atoms with E-state index in [-0.39, 0.29) is 6.04 Å². The quantitative estimate of drug-likeness (QED) is 0.683. The summed E-state index contributed by atoms with van der Waals surface area (Å²) >= 11 is 6.16. The molecule has 5 rings (SSSR count). The Kier molecular flexibility index (Phi) is 4.20. The van der Waals surface area contributed by atoms with E-state index in [1.807, 2.05) is 18.2 Å². The largest absolute Gasteiger partial charge is 0.330 e. The van der Waals surface area contributed by atoms with Crippen molar-refractivity contribution in [3.05, 3.63) is 40.7 Å². The highest BCUT2D eigenvalue weighted by Gasteiger charge is 2.32. The van der Waals surface area contributed by atoms with E-state index in [0.717, 1.165) is 47.3 Å². The van der Waals surface area contributed by atoms with Crippen molar-refractivity contribution in [2.75, 3.05) is 6.54 Å². The maximum Gasteiger partial charge on any atom is 0.150 e. The van der Waals surface area contributed by atoms with Gasteiger partial charge in [-0.1, -0.05) is 24.4 Å². The van der Waals surface area contributed by atoms with E-state index in [2.05, 4.69) is 38.2 Å². The van der Waals surface area contributed by atoms with Gasteiger partial charge in [0.05, 0.1) is 23.6 Å². The number of aryl methyl sites for hydroxylation is 1. The molecule has 0 bridgehead atoms. The molecule has 0 radical (unpaired) electrons. The van der Waals surface area contributed by atoms with E-state index in [9.17, 15) is 0 Å². The van der Waals surface area contributed by atoms with Gasteiger partial charge in [0.25, 0.3) is 0 Å². The van der Waals surface area contributed by atoms with Crippen LogP contribution in [0.1, 0.15) is 62.0 Å². The van der Waals surface area contributed by atoms with E-state index in [1.54, 1.807) is 0 Å². The lowest BCUT2D eigenvalue weighted by molar-refractivity contribution is 0.149. The summed E-state index contributed by atoms with van der Waals surface area (Å²) in [5, 5.41) is 9.91. The molecule has 1 saturated carbocycles. The van der Waals surface area contributed by atoms with Gasteiger partial charge in [-0.05, 0) is 38.0 Å². The minimum Gasteiger partial charge on any atom is -0.330 e. The minimum atomic E-state index is 0.241. The zero-order chi connectivity index (χ0) is 18.5. The van der Waals surface area contributed by atoms with Gasteiger partial charge in [-0.3, -0.25) is 4.90 Å². The van der Waals surface area contributed by atoms with Crippen molar-refractivity contribution in [1.82, 2.24) is 29.2 Å². The molecule has 6 nitrogen and oxygen atoms in total. The topological polar surface area (TPSA) is 51.8 Å². The van der Waals surface area contributed by atoms with E-state index >= 15 is 0 Å². The number of hydrogen-bond acceptors (Lipinski definition) is 4. The predicted octanol–water partition coefficient (Wildman–Crippen LogP) is 4.05. The van der Waals surface area contributed by atoms with Gasteiger partial charge in [-0.2, -0.15) is 0 Å². The van der Waals surface area contributed by atoms with Crippen molar-refractivity contribution in [3.8, 4) is 0 Å². The van der Waals surface area contributed by atoms with Crippen molar-refractivity contribution < 1.29 is 0 Å². The third-order valence-corrected chi connectivity index (χ3v) is 6.58. The monoisotopic (exact) mass is 384 g/mol. The second-order valence-electron chi connectivity index (χ2n) is 7.92. The van der Waals surface area contributed by atoms with E-state index < -0.39 is 0 Å². The van der Waals surface area contributed by atoms with Crippen LogP contribution in [-0.2, 0) is 20.1 Å². The molecule has 3 aromatic rings. The first kappa shape index (κ1) is 17.2. The van der Waals surface area contributed by atoms with Gasteiger partial charge in [0.2, 0.25) is 0 Å². The van der Waals surface area contributed by atoms with Crippen LogP contribution >= 0.6 is 11.6 Å². The van der Waals surface area contributed by atoms with Crippen LogP contribution in [0.5, 0.6) is 0 Å². The maximum absolute atomic E-state index is 6.16. The Labute approximate surface area is 164 Å². The number of nitrogens with zero attached hydrogens (tertiary/aromatic N) is 6. The molecule has 1 aliphatic carbocycles. The van der Waals surface area contributed by atoms with E-state index in [0.29, 0.717) is 5.92 Å². The molecule has 1 atom stereocenters. The molecule has 1 fully saturated rings. The Morgan fingerprint density at radius 2 is 1.89 bits per heavy atom. The van der Waals surface area contributed by atoms with Gasteiger partial charge < -0.3 is 9.13 Å². The SMILES string of the molecule is CC1c2nnc(C3CCCC3)n2CCN1Cc1nc2ccc(Cl)cc2n1C. The van der Waals surface area contributed by atoms with E-state index in [1.165, 1.54) is 31.5 Å². The van der Waals surface area contributed by atoms with Crippen molar-refractivity contribution in [3.63, 3.8) is 0 Å². The normalized spacial score (nSPS) is 21.2. The Morgan fingerprint density at radius 1 is 1.11 bits per heavy atom. The highest BCUT2D eigenvalue weighted by molar-refractivity contribution is 6.31. The second-order valence-corrected chi connectivity index (χ2v) is 8.35. The third-order valence-electron chi connectivity index (χ3n) is 6.34. The van der Waals surface area contributed by atoms with Crippen LogP contribution in [0.25, 0.3) is 11.0 Å². The minimum absolute atomic E-state index is 0.241. The zero-order valence-corrected chi connectivity index (χ0v) is 16.7. The fourth-order valence-electron chi connectivity index (χ4n) is 4.69. The van der Waals surface area contributed by atoms with Gasteiger partial charge >= 0.3 is 0 Å². The van der Waals surface area contributed by atoms with Crippen LogP contribution in [0.4, 0.5) is 0 Å². The molecule has 3 heterocycles. The molecule has 0 spiro atoms. The third kappa shape index (κ3) is 2.86. The molecule has 27 heavy (non-hydrogen) atoms. The molecule has 142 valence electrons. The lowest BCUT2D eigenvalue weighted by Crippen LogP contribution is -2.37. The summed E-state index contributed by atoms with van der Waals surface area (Å²) < 4.78 is 4.53. The summed E-state index contributed by atoms with van der Waals surface area (Å²) in [4.78, 5) is 7.28. The van der Waals surface area contributed by atoms with Crippen LogP contribution < -0.4 is 0 Å². The standard InChI is InChI=1S/C20H25ClN6/c1-13-19-23-24-20(14-5-3-4-6-14)27(19)10-9-26(13)12-18-22-16-8-7-15(21)11-17(16)25(18)2/h7-8,11,13-14H,3-6,9-10,12H2,1-2H3. The van der Waals surface area contributed by atoms with Crippen LogP contribution in [-0.4, -0.2) is 35.8 Å². The number of aromatic nitrogens is 5. The van der Waals surface area contributed by atoms with E-state index in [4.69, 9.17) is 16.6 Å². The maximum atomic E-state index is 6.16. The lowest BCUT2D eigenvalue weighted by atomic mass is 10.1. The van der Waals surface area contributed by atoms with Crippen molar-refractivity contribution >= 4 is 22.6 Å². The number of fused-ring (bicyclic) bond motifs is 2. The van der Waals surface area contributed by atoms with Crippen molar-refractivity contribution in [2.45, 2.75) is 57.7 Å². The molecular formula is C20H25ClN6. The number of halogens is 1. The Hall–Kier alpha value is -1.92. The molecule has 2 aromatic heterocycles. The molecule has 0 saturated heterocycles. The average molecular weight is 385 g/mol. The van der Waals surface area contributed by atoms with Crippen LogP contribution in [0, 0.1) is 0 Å². The molecule has 2 aliphatic rings. The first-order valence-electron chi connectivity index (χ1n) is 9.89. The highest BCUT2D eigenvalue weighted by Crippen LogP contribution is 2.36. The van der Waals surface area contributed by atoms with Gasteiger partial charge in [-0.15, -0.1) is 10.2 Å². The van der Waals surface area contributed by atoms with Crippen LogP contribution in [0.15, 0.2) is 18.2 Å². The fraction of sp³-hybridized carbons (Fsp3) is 0.550. The molecule has 0 N–H and O–H groups in total. The lowest BCUT2D eigenvalue weighted by Gasteiger charge is -2.33. The fourth-order valence-corrected chi connectivity index (χ4v) is 4.86. The summed E-state index contributed by atoms with van der Waals surface area (Å²) in [5.74, 6) is 3.98. The number of rotatable bonds is 3. The molecular weight excluding hydrogens is 360 g/mol. The number of hydrogen-bond donors (Lipinski definition) is 0. The Bertz CT molecular complexity index is 984. The van der Waals surface area contributed by atoms with Gasteiger partial charge in [-0.25, -0.2) is 4.98 Å². The number of imidazole rings is 1. The van der Waals surface area contributed by atoms with Crippen molar-refractivity contribution in [2.24, 2.45) is 7.05 Å². The first-order valence-corrected chi connectivity index (χ1v) is 10.3. The smallest absolute Gasteiger partial charge is 0.150 e. The molecule has 1 aromatic carbocycles. The van der Waals surface area contributed by atoms with Crippen LogP contribution in [0.3, 0.4) is 0 Å². The zero-order valence-electron chi connectivity index (χ0n) is 15.9. The average Bonchev–Trinajstić information content (AvgIpc) is 3.38. The summed E-state index contributed by atoms with van der Waals surface area (Å²) in [7, 11) is 2.07. The van der Waals surface area contributed by atoms with Crippen LogP contribution in [0.2, 0.25) is 5.02 Å².